The monoisotopic (exact) mass is 960 g/mol. The summed E-state index contributed by atoms with van der Waals surface area (Å²) in [5.41, 5.74) is -1.46. The van der Waals surface area contributed by atoms with Crippen molar-refractivity contribution in [2.75, 3.05) is 72.5 Å². The lowest BCUT2D eigenvalue weighted by Crippen LogP contribution is -2.47. The van der Waals surface area contributed by atoms with Crippen molar-refractivity contribution in [1.29, 1.82) is 0 Å². The molecule has 4 fully saturated rings. The van der Waals surface area contributed by atoms with E-state index in [0.717, 1.165) is 77.4 Å². The second-order valence-electron chi connectivity index (χ2n) is 20.2. The maximum absolute atomic E-state index is 13.8. The van der Waals surface area contributed by atoms with Crippen molar-refractivity contribution in [3.63, 3.8) is 0 Å². The molecule has 4 aliphatic carbocycles. The molecule has 13 heteroatoms. The number of carbonyl (C=O) groups is 5. The Morgan fingerprint density at radius 3 is 1.51 bits per heavy atom. The average Bonchev–Trinajstić information content (AvgIpc) is 3.31. The van der Waals surface area contributed by atoms with E-state index in [9.17, 15) is 24.0 Å². The lowest BCUT2D eigenvalue weighted by atomic mass is 9.49. The molecular weight excluding hydrogens is 867 g/mol. The molecule has 4 aliphatic rings. The van der Waals surface area contributed by atoms with Crippen molar-refractivity contribution in [2.45, 2.75) is 195 Å². The third-order valence-electron chi connectivity index (χ3n) is 14.0. The molecule has 390 valence electrons. The van der Waals surface area contributed by atoms with Gasteiger partial charge in [-0.1, -0.05) is 84.1 Å². The molecule has 4 rings (SSSR count). The fourth-order valence-electron chi connectivity index (χ4n) is 10.4. The average molecular weight is 960 g/mol. The first-order chi connectivity index (χ1) is 33.0. The zero-order chi connectivity index (χ0) is 49.1. The first-order valence-electron chi connectivity index (χ1n) is 27.0. The van der Waals surface area contributed by atoms with Crippen molar-refractivity contribution >= 4 is 30.0 Å². The molecule has 4 bridgehead atoms. The maximum atomic E-state index is 13.8. The summed E-state index contributed by atoms with van der Waals surface area (Å²) in [6.45, 7) is 11.5. The third-order valence-corrected chi connectivity index (χ3v) is 14.0. The van der Waals surface area contributed by atoms with Crippen LogP contribution < -0.4 is 0 Å². The molecule has 0 radical (unpaired) electrons. The van der Waals surface area contributed by atoms with Crippen LogP contribution in [0.1, 0.15) is 195 Å². The molecule has 68 heavy (non-hydrogen) atoms. The molecule has 0 N–H and O–H groups in total. The van der Waals surface area contributed by atoms with E-state index in [-0.39, 0.29) is 69.7 Å². The van der Waals surface area contributed by atoms with E-state index < -0.39 is 23.5 Å². The SMILES string of the molecule is CCCCC/C=C\CCOCCCCCC(=O)OCC(COC(=O)CCCCC(=O)OCC/C=C\CCCCC)(COC(=O)CC12CC3CC(CC(C3)C1)C2)COC(=O)OCCCN(CC)CC. The van der Waals surface area contributed by atoms with E-state index in [1.165, 1.54) is 51.4 Å². The Labute approximate surface area is 410 Å². The van der Waals surface area contributed by atoms with E-state index in [4.69, 9.17) is 33.2 Å². The van der Waals surface area contributed by atoms with Crippen LogP contribution in [0.25, 0.3) is 0 Å². The fraction of sp³-hybridized carbons (Fsp3) is 0.836. The number of rotatable bonds is 41. The normalized spacial score (nSPS) is 20.5. The van der Waals surface area contributed by atoms with Crippen LogP contribution in [0.4, 0.5) is 4.79 Å². The molecule has 13 nitrogen and oxygen atoms in total. The minimum Gasteiger partial charge on any atom is -0.465 e. The second-order valence-corrected chi connectivity index (χ2v) is 20.2. The van der Waals surface area contributed by atoms with Crippen molar-refractivity contribution in [1.82, 2.24) is 4.90 Å². The molecule has 1 unspecified atom stereocenters. The predicted molar refractivity (Wildman–Crippen MR) is 265 cm³/mol. The molecule has 0 heterocycles. The molecule has 0 spiro atoms. The number of hydrogen-bond donors (Lipinski definition) is 0. The van der Waals surface area contributed by atoms with Gasteiger partial charge in [0, 0.05) is 32.4 Å². The van der Waals surface area contributed by atoms with Gasteiger partial charge in [-0.2, -0.15) is 0 Å². The summed E-state index contributed by atoms with van der Waals surface area (Å²) in [5, 5.41) is 0. The lowest BCUT2D eigenvalue weighted by Gasteiger charge is -2.56. The van der Waals surface area contributed by atoms with Crippen molar-refractivity contribution < 1.29 is 57.1 Å². The maximum Gasteiger partial charge on any atom is 0.508 e. The second kappa shape index (κ2) is 35.6. The highest BCUT2D eigenvalue weighted by Crippen LogP contribution is 2.61. The third kappa shape index (κ3) is 26.0. The van der Waals surface area contributed by atoms with E-state index in [1.807, 2.05) is 6.08 Å². The number of hydrogen-bond acceptors (Lipinski definition) is 13. The Balaban J connectivity index is 1.59. The summed E-state index contributed by atoms with van der Waals surface area (Å²) in [7, 11) is 0. The van der Waals surface area contributed by atoms with Crippen LogP contribution in [0.2, 0.25) is 0 Å². The first kappa shape index (κ1) is 58.9. The Kier molecular flexibility index (Phi) is 30.8. The van der Waals surface area contributed by atoms with Crippen LogP contribution in [-0.4, -0.2) is 107 Å². The van der Waals surface area contributed by atoms with Gasteiger partial charge in [0.1, 0.15) is 31.8 Å². The number of ether oxygens (including phenoxy) is 7. The van der Waals surface area contributed by atoms with Gasteiger partial charge in [-0.25, -0.2) is 4.79 Å². The van der Waals surface area contributed by atoms with Gasteiger partial charge in [0.25, 0.3) is 0 Å². The Bertz CT molecular complexity index is 1440. The topological polar surface area (TPSA) is 153 Å². The summed E-state index contributed by atoms with van der Waals surface area (Å²) < 4.78 is 39.9. The number of nitrogens with zero attached hydrogens (tertiary/aromatic N) is 1. The van der Waals surface area contributed by atoms with Crippen LogP contribution in [0.15, 0.2) is 24.3 Å². The molecule has 1 atom stereocenters. The van der Waals surface area contributed by atoms with Crippen LogP contribution >= 0.6 is 0 Å². The summed E-state index contributed by atoms with van der Waals surface area (Å²) in [4.78, 5) is 67.8. The standard InChI is InChI=1S/C55H93NO12/c1-5-9-11-13-15-17-23-31-62-32-24-19-20-27-50(58)65-42-55(45-68-53(61)64-34-26-30-56(7-3)8-4,44-67-52(60)41-54-38-46-35-47(39-54)37-48(36-46)40-54)43-66-51(59)29-22-21-28-49(57)63-33-25-18-16-14-12-10-6-2/h15-18,46-48H,5-14,19-45H2,1-4H3/b17-15-,18-16-. The van der Waals surface area contributed by atoms with E-state index in [2.05, 4.69) is 50.8 Å². The van der Waals surface area contributed by atoms with Crippen LogP contribution in [0, 0.1) is 28.6 Å². The van der Waals surface area contributed by atoms with Crippen LogP contribution in [0.3, 0.4) is 0 Å². The summed E-state index contributed by atoms with van der Waals surface area (Å²) >= 11 is 0. The molecule has 0 aromatic rings. The molecular formula is C55H93NO12. The lowest BCUT2D eigenvalue weighted by molar-refractivity contribution is -0.169. The highest BCUT2D eigenvalue weighted by atomic mass is 16.7. The zero-order valence-corrected chi connectivity index (χ0v) is 43.1. The number of allylic oxidation sites excluding steroid dienone is 2. The van der Waals surface area contributed by atoms with Gasteiger partial charge in [0.05, 0.1) is 26.2 Å². The zero-order valence-electron chi connectivity index (χ0n) is 43.1. The minimum atomic E-state index is -1.39. The molecule has 0 saturated heterocycles. The number of unbranched alkanes of at least 4 members (excludes halogenated alkanes) is 9. The highest BCUT2D eigenvalue weighted by Gasteiger charge is 2.52. The summed E-state index contributed by atoms with van der Waals surface area (Å²) in [6.07, 6.45) is 29.8. The Morgan fingerprint density at radius 1 is 0.485 bits per heavy atom. The molecule has 0 aliphatic heterocycles. The number of esters is 4. The van der Waals surface area contributed by atoms with Gasteiger partial charge in [0.2, 0.25) is 0 Å². The first-order valence-corrected chi connectivity index (χ1v) is 27.0. The van der Waals surface area contributed by atoms with Gasteiger partial charge in [-0.3, -0.25) is 19.2 Å². The summed E-state index contributed by atoms with van der Waals surface area (Å²) in [6, 6.07) is 0. The summed E-state index contributed by atoms with van der Waals surface area (Å²) in [5.74, 6) is 0.336. The van der Waals surface area contributed by atoms with Gasteiger partial charge >= 0.3 is 30.0 Å². The molecule has 0 aromatic carbocycles. The van der Waals surface area contributed by atoms with Gasteiger partial charge in [-0.05, 0) is 145 Å². The van der Waals surface area contributed by atoms with Gasteiger partial charge in [-0.15, -0.1) is 0 Å². The molecule has 0 amide bonds. The van der Waals surface area contributed by atoms with Gasteiger partial charge < -0.3 is 38.1 Å². The van der Waals surface area contributed by atoms with Gasteiger partial charge in [0.15, 0.2) is 0 Å². The smallest absolute Gasteiger partial charge is 0.465 e. The van der Waals surface area contributed by atoms with Crippen molar-refractivity contribution in [3.8, 4) is 0 Å². The predicted octanol–water partition coefficient (Wildman–Crippen LogP) is 11.8. The minimum absolute atomic E-state index is 0.0321. The number of carbonyl (C=O) groups excluding carboxylic acids is 5. The van der Waals surface area contributed by atoms with E-state index in [1.54, 1.807) is 0 Å². The van der Waals surface area contributed by atoms with Crippen LogP contribution in [0.5, 0.6) is 0 Å². The molecule has 4 saturated carbocycles. The Morgan fingerprint density at radius 2 is 0.971 bits per heavy atom. The largest absolute Gasteiger partial charge is 0.508 e. The molecule has 0 aromatic heterocycles. The Hall–Kier alpha value is -3.45. The quantitative estimate of drug-likeness (QED) is 0.0247. The van der Waals surface area contributed by atoms with Crippen molar-refractivity contribution in [3.05, 3.63) is 24.3 Å². The van der Waals surface area contributed by atoms with E-state index >= 15 is 0 Å². The highest BCUT2D eigenvalue weighted by molar-refractivity contribution is 5.71. The fourth-order valence-corrected chi connectivity index (χ4v) is 10.4. The van der Waals surface area contributed by atoms with E-state index in [0.29, 0.717) is 76.1 Å². The van der Waals surface area contributed by atoms with Crippen LogP contribution in [-0.2, 0) is 52.3 Å². The van der Waals surface area contributed by atoms with Crippen molar-refractivity contribution in [2.24, 2.45) is 28.6 Å².